The van der Waals surface area contributed by atoms with Crippen LogP contribution in [0.3, 0.4) is 0 Å². The molecule has 80 valence electrons. The highest BCUT2D eigenvalue weighted by atomic mass is 32.2. The summed E-state index contributed by atoms with van der Waals surface area (Å²) >= 11 is 1.46. The van der Waals surface area contributed by atoms with Crippen molar-refractivity contribution in [2.24, 2.45) is 7.05 Å². The van der Waals surface area contributed by atoms with Gasteiger partial charge in [-0.05, 0) is 10.4 Å². The summed E-state index contributed by atoms with van der Waals surface area (Å²) in [5, 5.41) is 15.6. The highest BCUT2D eigenvalue weighted by molar-refractivity contribution is 7.98. The number of tetrazole rings is 1. The average molecular weight is 226 g/mol. The summed E-state index contributed by atoms with van der Waals surface area (Å²) in [7, 11) is 1.79. The number of hydrogen-bond donors (Lipinski definition) is 0. The van der Waals surface area contributed by atoms with Crippen LogP contribution in [0.2, 0.25) is 0 Å². The highest BCUT2D eigenvalue weighted by Crippen LogP contribution is 2.17. The van der Waals surface area contributed by atoms with Gasteiger partial charge in [0.05, 0.1) is 5.75 Å². The number of nitrogens with zero attached hydrogens (tertiary/aromatic N) is 6. The van der Waals surface area contributed by atoms with E-state index in [-0.39, 0.29) is 0 Å². The molecular formula is C7H10N6OS. The van der Waals surface area contributed by atoms with E-state index >= 15 is 0 Å². The largest absolute Gasteiger partial charge is 0.338 e. The third-order valence-corrected chi connectivity index (χ3v) is 2.73. The first-order valence-corrected chi connectivity index (χ1v) is 5.44. The lowest BCUT2D eigenvalue weighted by atomic mass is 10.5. The number of aromatic nitrogens is 6. The monoisotopic (exact) mass is 226 g/mol. The number of thioether (sulfide) groups is 1. The quantitative estimate of drug-likeness (QED) is 0.700. The van der Waals surface area contributed by atoms with Gasteiger partial charge in [-0.1, -0.05) is 23.8 Å². The minimum Gasteiger partial charge on any atom is -0.338 e. The minimum absolute atomic E-state index is 0.585. The smallest absolute Gasteiger partial charge is 0.237 e. The van der Waals surface area contributed by atoms with Crippen LogP contribution in [0, 0.1) is 0 Å². The van der Waals surface area contributed by atoms with Crippen molar-refractivity contribution in [3.63, 3.8) is 0 Å². The summed E-state index contributed by atoms with van der Waals surface area (Å²) in [4.78, 5) is 4.18. The molecule has 2 aromatic rings. The van der Waals surface area contributed by atoms with Crippen molar-refractivity contribution < 1.29 is 4.52 Å². The van der Waals surface area contributed by atoms with Gasteiger partial charge >= 0.3 is 0 Å². The van der Waals surface area contributed by atoms with E-state index in [1.807, 2.05) is 6.92 Å². The second-order valence-corrected chi connectivity index (χ2v) is 3.77. The van der Waals surface area contributed by atoms with E-state index in [0.717, 1.165) is 17.4 Å². The summed E-state index contributed by atoms with van der Waals surface area (Å²) in [5.74, 6) is 1.91. The maximum absolute atomic E-state index is 5.03. The molecular weight excluding hydrogens is 216 g/mol. The van der Waals surface area contributed by atoms with Crippen molar-refractivity contribution in [1.82, 2.24) is 30.3 Å². The Morgan fingerprint density at radius 1 is 1.47 bits per heavy atom. The van der Waals surface area contributed by atoms with Gasteiger partial charge in [-0.15, -0.1) is 5.10 Å². The lowest BCUT2D eigenvalue weighted by molar-refractivity contribution is 0.385. The Hall–Kier alpha value is -1.44. The first-order chi connectivity index (χ1) is 7.29. The Bertz CT molecular complexity index is 438. The molecule has 8 heteroatoms. The Kier molecular flexibility index (Phi) is 2.95. The van der Waals surface area contributed by atoms with Crippen LogP contribution in [0.5, 0.6) is 0 Å². The molecule has 0 aliphatic heterocycles. The van der Waals surface area contributed by atoms with Crippen LogP contribution in [0.25, 0.3) is 0 Å². The van der Waals surface area contributed by atoms with Crippen LogP contribution in [-0.2, 0) is 19.2 Å². The molecule has 7 nitrogen and oxygen atoms in total. The Balaban J connectivity index is 1.96. The molecule has 0 aliphatic carbocycles. The SMILES string of the molecule is CCc1noc(CSc2nnnn2C)n1. The summed E-state index contributed by atoms with van der Waals surface area (Å²) in [6, 6.07) is 0. The molecule has 2 heterocycles. The van der Waals surface area contributed by atoms with Crippen LogP contribution in [0.1, 0.15) is 18.6 Å². The van der Waals surface area contributed by atoms with Crippen LogP contribution in [-0.4, -0.2) is 30.3 Å². The van der Waals surface area contributed by atoms with Gasteiger partial charge in [0.2, 0.25) is 11.0 Å². The van der Waals surface area contributed by atoms with E-state index < -0.39 is 0 Å². The summed E-state index contributed by atoms with van der Waals surface area (Å²) < 4.78 is 6.63. The zero-order valence-electron chi connectivity index (χ0n) is 8.41. The molecule has 0 amide bonds. The van der Waals surface area contributed by atoms with E-state index in [2.05, 4.69) is 25.7 Å². The van der Waals surface area contributed by atoms with E-state index in [4.69, 9.17) is 4.52 Å². The summed E-state index contributed by atoms with van der Waals surface area (Å²) in [6.07, 6.45) is 0.777. The number of aryl methyl sites for hydroxylation is 2. The molecule has 0 saturated carbocycles. The average Bonchev–Trinajstić information content (AvgIpc) is 2.84. The van der Waals surface area contributed by atoms with Gasteiger partial charge in [0.25, 0.3) is 0 Å². The maximum Gasteiger partial charge on any atom is 0.237 e. The molecule has 0 atom stereocenters. The van der Waals surface area contributed by atoms with E-state index in [9.17, 15) is 0 Å². The lowest BCUT2D eigenvalue weighted by Gasteiger charge is -1.93. The van der Waals surface area contributed by atoms with Crippen molar-refractivity contribution in [2.75, 3.05) is 0 Å². The van der Waals surface area contributed by atoms with Crippen molar-refractivity contribution in [3.8, 4) is 0 Å². The molecule has 0 saturated heterocycles. The molecule has 0 aliphatic rings. The van der Waals surface area contributed by atoms with E-state index in [1.54, 1.807) is 11.7 Å². The Morgan fingerprint density at radius 3 is 2.93 bits per heavy atom. The number of rotatable bonds is 4. The van der Waals surface area contributed by atoms with Gasteiger partial charge < -0.3 is 4.52 Å². The molecule has 0 aromatic carbocycles. The van der Waals surface area contributed by atoms with Crippen molar-refractivity contribution >= 4 is 11.8 Å². The topological polar surface area (TPSA) is 82.5 Å². The van der Waals surface area contributed by atoms with Gasteiger partial charge in [-0.2, -0.15) is 4.98 Å². The number of hydrogen-bond acceptors (Lipinski definition) is 7. The zero-order valence-corrected chi connectivity index (χ0v) is 9.23. The lowest BCUT2D eigenvalue weighted by Crippen LogP contribution is -1.93. The maximum atomic E-state index is 5.03. The molecule has 0 fully saturated rings. The molecule has 0 radical (unpaired) electrons. The molecule has 0 unspecified atom stereocenters. The Labute approximate surface area is 90.2 Å². The molecule has 0 spiro atoms. The zero-order chi connectivity index (χ0) is 10.7. The van der Waals surface area contributed by atoms with Crippen LogP contribution < -0.4 is 0 Å². The molecule has 2 aromatic heterocycles. The van der Waals surface area contributed by atoms with Crippen LogP contribution in [0.15, 0.2) is 9.68 Å². The third kappa shape index (κ3) is 2.32. The van der Waals surface area contributed by atoms with Gasteiger partial charge in [0, 0.05) is 13.5 Å². The first-order valence-electron chi connectivity index (χ1n) is 4.46. The summed E-state index contributed by atoms with van der Waals surface area (Å²) in [6.45, 7) is 1.98. The second kappa shape index (κ2) is 4.39. The molecule has 15 heavy (non-hydrogen) atoms. The predicted octanol–water partition coefficient (Wildman–Crippen LogP) is 0.448. The van der Waals surface area contributed by atoms with Crippen molar-refractivity contribution in [1.29, 1.82) is 0 Å². The van der Waals surface area contributed by atoms with E-state index in [1.165, 1.54) is 11.8 Å². The first kappa shape index (κ1) is 10.1. The molecule has 0 bridgehead atoms. The van der Waals surface area contributed by atoms with Gasteiger partial charge in [-0.3, -0.25) is 0 Å². The second-order valence-electron chi connectivity index (χ2n) is 2.83. The molecule has 0 N–H and O–H groups in total. The fourth-order valence-electron chi connectivity index (χ4n) is 0.962. The van der Waals surface area contributed by atoms with Crippen molar-refractivity contribution in [3.05, 3.63) is 11.7 Å². The third-order valence-electron chi connectivity index (χ3n) is 1.73. The fourth-order valence-corrected chi connectivity index (χ4v) is 1.65. The van der Waals surface area contributed by atoms with Gasteiger partial charge in [0.15, 0.2) is 5.82 Å². The predicted molar refractivity (Wildman–Crippen MR) is 52.0 cm³/mol. The minimum atomic E-state index is 0.585. The van der Waals surface area contributed by atoms with Gasteiger partial charge in [-0.25, -0.2) is 4.68 Å². The Morgan fingerprint density at radius 2 is 2.33 bits per heavy atom. The normalized spacial score (nSPS) is 10.8. The summed E-state index contributed by atoms with van der Waals surface area (Å²) in [5.41, 5.74) is 0. The van der Waals surface area contributed by atoms with E-state index in [0.29, 0.717) is 11.6 Å². The van der Waals surface area contributed by atoms with Crippen LogP contribution in [0.4, 0.5) is 0 Å². The van der Waals surface area contributed by atoms with Crippen LogP contribution >= 0.6 is 11.8 Å². The molecule has 2 rings (SSSR count). The standard InChI is InChI=1S/C7H10N6OS/c1-3-5-8-6(14-10-5)4-15-7-9-11-12-13(7)2/h3-4H2,1-2H3. The highest BCUT2D eigenvalue weighted by Gasteiger charge is 2.08. The fraction of sp³-hybridized carbons (Fsp3) is 0.571. The van der Waals surface area contributed by atoms with Gasteiger partial charge in [0.1, 0.15) is 0 Å². The van der Waals surface area contributed by atoms with Crippen molar-refractivity contribution in [2.45, 2.75) is 24.3 Å².